The lowest BCUT2D eigenvalue weighted by molar-refractivity contribution is 0.0195. The minimum absolute atomic E-state index is 0.0154. The number of piperidine rings is 2. The topological polar surface area (TPSA) is 53.3 Å². The second-order valence-electron chi connectivity index (χ2n) is 4.10. The van der Waals surface area contributed by atoms with Gasteiger partial charge in [0, 0.05) is 6.54 Å². The SMILES string of the molecule is COC(=O)N1CC2CCC1C(C#N)C2. The van der Waals surface area contributed by atoms with Crippen LogP contribution in [0.15, 0.2) is 0 Å². The van der Waals surface area contributed by atoms with Crippen molar-refractivity contribution in [2.45, 2.75) is 25.3 Å². The number of fused-ring (bicyclic) bond motifs is 3. The molecule has 4 heteroatoms. The first kappa shape index (κ1) is 9.32. The fourth-order valence-electron chi connectivity index (χ4n) is 2.66. The second-order valence-corrected chi connectivity index (χ2v) is 4.10. The molecule has 4 nitrogen and oxygen atoms in total. The Balaban J connectivity index is 2.14. The van der Waals surface area contributed by atoms with E-state index in [0.717, 1.165) is 25.8 Å². The van der Waals surface area contributed by atoms with Crippen LogP contribution >= 0.6 is 0 Å². The van der Waals surface area contributed by atoms with Crippen molar-refractivity contribution >= 4 is 6.09 Å². The largest absolute Gasteiger partial charge is 0.453 e. The van der Waals surface area contributed by atoms with Crippen LogP contribution in [0.4, 0.5) is 4.79 Å². The van der Waals surface area contributed by atoms with Gasteiger partial charge in [0.05, 0.1) is 25.1 Å². The van der Waals surface area contributed by atoms with Gasteiger partial charge in [0.1, 0.15) is 0 Å². The molecule has 0 aromatic carbocycles. The average Bonchev–Trinajstić information content (AvgIpc) is 2.28. The molecule has 2 saturated heterocycles. The normalized spacial score (nSPS) is 35.1. The summed E-state index contributed by atoms with van der Waals surface area (Å²) in [6, 6.07) is 2.39. The Morgan fingerprint density at radius 3 is 2.93 bits per heavy atom. The Hall–Kier alpha value is -1.24. The maximum atomic E-state index is 11.4. The number of ether oxygens (including phenoxy) is 1. The quantitative estimate of drug-likeness (QED) is 0.585. The predicted molar refractivity (Wildman–Crippen MR) is 49.3 cm³/mol. The average molecular weight is 194 g/mol. The molecule has 14 heavy (non-hydrogen) atoms. The van der Waals surface area contributed by atoms with Gasteiger partial charge in [-0.3, -0.25) is 0 Å². The Morgan fingerprint density at radius 2 is 2.36 bits per heavy atom. The number of rotatable bonds is 0. The van der Waals surface area contributed by atoms with Gasteiger partial charge in [-0.05, 0) is 25.2 Å². The number of methoxy groups -OCH3 is 1. The van der Waals surface area contributed by atoms with Crippen molar-refractivity contribution in [1.29, 1.82) is 5.26 Å². The standard InChI is InChI=1S/C10H14N2O2/c1-14-10(13)12-6-7-2-3-9(12)8(4-7)5-11/h7-9H,2-4,6H2,1H3. The van der Waals surface area contributed by atoms with Gasteiger partial charge in [-0.1, -0.05) is 0 Å². The third-order valence-corrected chi connectivity index (χ3v) is 3.35. The lowest BCUT2D eigenvalue weighted by atomic mass is 9.73. The number of nitriles is 1. The molecule has 2 bridgehead atoms. The minimum Gasteiger partial charge on any atom is -0.453 e. The van der Waals surface area contributed by atoms with Crippen molar-refractivity contribution in [3.63, 3.8) is 0 Å². The summed E-state index contributed by atoms with van der Waals surface area (Å²) >= 11 is 0. The highest BCUT2D eigenvalue weighted by Crippen LogP contribution is 2.38. The zero-order valence-electron chi connectivity index (χ0n) is 8.27. The number of hydrogen-bond donors (Lipinski definition) is 0. The van der Waals surface area contributed by atoms with Crippen LogP contribution < -0.4 is 0 Å². The van der Waals surface area contributed by atoms with Gasteiger partial charge < -0.3 is 9.64 Å². The number of carbonyl (C=O) groups is 1. The third kappa shape index (κ3) is 1.33. The lowest BCUT2D eigenvalue weighted by Gasteiger charge is -2.46. The molecule has 0 aromatic heterocycles. The third-order valence-electron chi connectivity index (χ3n) is 3.35. The van der Waals surface area contributed by atoms with E-state index >= 15 is 0 Å². The molecule has 0 N–H and O–H groups in total. The van der Waals surface area contributed by atoms with Gasteiger partial charge >= 0.3 is 6.09 Å². The fraction of sp³-hybridized carbons (Fsp3) is 0.800. The van der Waals surface area contributed by atoms with Crippen LogP contribution in [0.3, 0.4) is 0 Å². The van der Waals surface area contributed by atoms with Gasteiger partial charge in [-0.25, -0.2) is 4.79 Å². The van der Waals surface area contributed by atoms with Gasteiger partial charge in [0.15, 0.2) is 0 Å². The van der Waals surface area contributed by atoms with Crippen molar-refractivity contribution in [3.05, 3.63) is 0 Å². The van der Waals surface area contributed by atoms with Crippen molar-refractivity contribution < 1.29 is 9.53 Å². The molecule has 0 spiro atoms. The van der Waals surface area contributed by atoms with Crippen molar-refractivity contribution in [1.82, 2.24) is 4.90 Å². The molecule has 1 amide bonds. The molecule has 76 valence electrons. The zero-order chi connectivity index (χ0) is 10.1. The Labute approximate surface area is 83.4 Å². The molecule has 3 unspecified atom stereocenters. The van der Waals surface area contributed by atoms with Crippen LogP contribution in [-0.2, 0) is 4.74 Å². The Morgan fingerprint density at radius 1 is 1.57 bits per heavy atom. The van der Waals surface area contributed by atoms with E-state index < -0.39 is 0 Å². The summed E-state index contributed by atoms with van der Waals surface area (Å²) in [5.41, 5.74) is 0. The van der Waals surface area contributed by atoms with E-state index in [9.17, 15) is 4.79 Å². The molecular formula is C10H14N2O2. The van der Waals surface area contributed by atoms with Crippen LogP contribution in [0.25, 0.3) is 0 Å². The van der Waals surface area contributed by atoms with Crippen molar-refractivity contribution in [3.8, 4) is 6.07 Å². The molecule has 3 atom stereocenters. The van der Waals surface area contributed by atoms with Crippen molar-refractivity contribution in [2.75, 3.05) is 13.7 Å². The highest BCUT2D eigenvalue weighted by Gasteiger charge is 2.43. The Bertz CT molecular complexity index is 284. The fourth-order valence-corrected chi connectivity index (χ4v) is 2.66. The van der Waals surface area contributed by atoms with Crippen LogP contribution in [-0.4, -0.2) is 30.7 Å². The molecule has 1 saturated carbocycles. The van der Waals surface area contributed by atoms with Crippen LogP contribution in [0.5, 0.6) is 0 Å². The minimum atomic E-state index is -0.278. The Kier molecular flexibility index (Phi) is 2.32. The number of nitrogens with zero attached hydrogens (tertiary/aromatic N) is 2. The number of carbonyl (C=O) groups excluding carboxylic acids is 1. The lowest BCUT2D eigenvalue weighted by Crippen LogP contribution is -2.54. The first-order valence-corrected chi connectivity index (χ1v) is 5.00. The highest BCUT2D eigenvalue weighted by atomic mass is 16.5. The molecule has 2 heterocycles. The van der Waals surface area contributed by atoms with E-state index in [1.807, 2.05) is 0 Å². The summed E-state index contributed by atoms with van der Waals surface area (Å²) in [7, 11) is 1.39. The maximum absolute atomic E-state index is 11.4. The molecule has 0 aromatic rings. The molecule has 0 radical (unpaired) electrons. The molecular weight excluding hydrogens is 180 g/mol. The van der Waals surface area contributed by atoms with Gasteiger partial charge in [-0.2, -0.15) is 5.26 Å². The number of hydrogen-bond acceptors (Lipinski definition) is 3. The van der Waals surface area contributed by atoms with E-state index in [4.69, 9.17) is 10.00 Å². The van der Waals surface area contributed by atoms with Gasteiger partial charge in [-0.15, -0.1) is 0 Å². The summed E-state index contributed by atoms with van der Waals surface area (Å²) in [6.45, 7) is 0.773. The molecule has 3 rings (SSSR count). The van der Waals surface area contributed by atoms with E-state index in [0.29, 0.717) is 5.92 Å². The van der Waals surface area contributed by atoms with Crippen LogP contribution in [0.1, 0.15) is 19.3 Å². The maximum Gasteiger partial charge on any atom is 0.409 e. The van der Waals surface area contributed by atoms with E-state index in [-0.39, 0.29) is 18.1 Å². The van der Waals surface area contributed by atoms with E-state index in [1.165, 1.54) is 7.11 Å². The van der Waals surface area contributed by atoms with E-state index in [2.05, 4.69) is 6.07 Å². The zero-order valence-corrected chi connectivity index (χ0v) is 8.27. The number of amides is 1. The molecule has 3 fully saturated rings. The summed E-state index contributed by atoms with van der Waals surface area (Å²) in [4.78, 5) is 13.1. The summed E-state index contributed by atoms with van der Waals surface area (Å²) in [6.07, 6.45) is 2.78. The van der Waals surface area contributed by atoms with E-state index in [1.54, 1.807) is 4.90 Å². The molecule has 2 aliphatic heterocycles. The summed E-state index contributed by atoms with van der Waals surface area (Å²) in [5, 5.41) is 8.96. The first-order valence-electron chi connectivity index (χ1n) is 5.00. The van der Waals surface area contributed by atoms with Crippen molar-refractivity contribution in [2.24, 2.45) is 11.8 Å². The molecule has 1 aliphatic carbocycles. The first-order chi connectivity index (χ1) is 6.76. The monoisotopic (exact) mass is 194 g/mol. The van der Waals surface area contributed by atoms with Gasteiger partial charge in [0.25, 0.3) is 0 Å². The van der Waals surface area contributed by atoms with Crippen LogP contribution in [0, 0.1) is 23.2 Å². The highest BCUT2D eigenvalue weighted by molar-refractivity contribution is 5.68. The summed E-state index contributed by atoms with van der Waals surface area (Å²) in [5.74, 6) is 0.519. The summed E-state index contributed by atoms with van der Waals surface area (Å²) < 4.78 is 4.71. The van der Waals surface area contributed by atoms with Gasteiger partial charge in [0.2, 0.25) is 0 Å². The smallest absolute Gasteiger partial charge is 0.409 e. The van der Waals surface area contributed by atoms with Crippen LogP contribution in [0.2, 0.25) is 0 Å². The predicted octanol–water partition coefficient (Wildman–Crippen LogP) is 1.38. The molecule has 3 aliphatic rings. The second kappa shape index (κ2) is 3.49.